The molecule has 0 fully saturated rings. The fraction of sp³-hybridized carbons (Fsp3) is 0.417. The molecule has 76 valence electrons. The van der Waals surface area contributed by atoms with Crippen molar-refractivity contribution < 1.29 is 9.90 Å². The van der Waals surface area contributed by atoms with E-state index in [1.807, 2.05) is 26.8 Å². The molecule has 14 heavy (non-hydrogen) atoms. The lowest BCUT2D eigenvalue weighted by Crippen LogP contribution is -1.99. The monoisotopic (exact) mass is 192 g/mol. The van der Waals surface area contributed by atoms with Gasteiger partial charge >= 0.3 is 0 Å². The lowest BCUT2D eigenvalue weighted by molar-refractivity contribution is -0.108. The number of aromatic hydroxyl groups is 1. The van der Waals surface area contributed by atoms with Crippen molar-refractivity contribution in [2.45, 2.75) is 33.1 Å². The van der Waals surface area contributed by atoms with Gasteiger partial charge in [0.2, 0.25) is 0 Å². The van der Waals surface area contributed by atoms with Crippen LogP contribution in [0.5, 0.6) is 5.75 Å². The zero-order chi connectivity index (χ0) is 10.7. The van der Waals surface area contributed by atoms with Gasteiger partial charge in [-0.2, -0.15) is 0 Å². The average Bonchev–Trinajstić information content (AvgIpc) is 2.15. The third-order valence-corrected chi connectivity index (χ3v) is 2.78. The Morgan fingerprint density at radius 3 is 2.57 bits per heavy atom. The number of benzene rings is 1. The number of aldehydes is 1. The molecule has 2 heteroatoms. The second kappa shape index (κ2) is 4.27. The van der Waals surface area contributed by atoms with Crippen LogP contribution in [0.1, 0.15) is 36.0 Å². The molecular formula is C12H16O2. The highest BCUT2D eigenvalue weighted by atomic mass is 16.3. The van der Waals surface area contributed by atoms with Crippen molar-refractivity contribution in [3.05, 3.63) is 28.8 Å². The van der Waals surface area contributed by atoms with Crippen molar-refractivity contribution in [2.75, 3.05) is 0 Å². The number of phenolic OH excluding ortho intramolecular Hbond substituents is 1. The van der Waals surface area contributed by atoms with Gasteiger partial charge in [0.25, 0.3) is 0 Å². The lowest BCUT2D eigenvalue weighted by atomic mass is 9.91. The number of rotatable bonds is 3. The molecule has 0 spiro atoms. The summed E-state index contributed by atoms with van der Waals surface area (Å²) in [5.41, 5.74) is 3.13. The largest absolute Gasteiger partial charge is 0.508 e. The highest BCUT2D eigenvalue weighted by molar-refractivity contribution is 5.53. The summed E-state index contributed by atoms with van der Waals surface area (Å²) in [5, 5.41) is 9.47. The fourth-order valence-corrected chi connectivity index (χ4v) is 1.63. The fourth-order valence-electron chi connectivity index (χ4n) is 1.63. The second-order valence-corrected chi connectivity index (χ2v) is 3.73. The zero-order valence-electron chi connectivity index (χ0n) is 8.87. The van der Waals surface area contributed by atoms with Crippen molar-refractivity contribution in [3.63, 3.8) is 0 Å². The van der Waals surface area contributed by atoms with E-state index >= 15 is 0 Å². The first kappa shape index (κ1) is 10.8. The number of carbonyl (C=O) groups excluding carboxylic acids is 1. The summed E-state index contributed by atoms with van der Waals surface area (Å²) in [6.07, 6.45) is 1.47. The Morgan fingerprint density at radius 1 is 1.36 bits per heavy atom. The number of phenols is 1. The van der Waals surface area contributed by atoms with Gasteiger partial charge in [-0.05, 0) is 42.5 Å². The molecule has 0 aromatic heterocycles. The third-order valence-electron chi connectivity index (χ3n) is 2.78. The summed E-state index contributed by atoms with van der Waals surface area (Å²) >= 11 is 0. The third kappa shape index (κ3) is 1.95. The SMILES string of the molecule is Cc1c(O)ccc(C(C)CC=O)c1C. The normalized spacial score (nSPS) is 12.5. The molecule has 0 heterocycles. The van der Waals surface area contributed by atoms with E-state index < -0.39 is 0 Å². The van der Waals surface area contributed by atoms with Crippen molar-refractivity contribution in [1.29, 1.82) is 0 Å². The van der Waals surface area contributed by atoms with E-state index in [2.05, 4.69) is 0 Å². The first-order valence-corrected chi connectivity index (χ1v) is 4.80. The molecule has 0 amide bonds. The van der Waals surface area contributed by atoms with Crippen molar-refractivity contribution >= 4 is 6.29 Å². The molecule has 1 aromatic rings. The maximum Gasteiger partial charge on any atom is 0.120 e. The van der Waals surface area contributed by atoms with Crippen molar-refractivity contribution in [3.8, 4) is 5.75 Å². The lowest BCUT2D eigenvalue weighted by Gasteiger charge is -2.14. The molecule has 1 unspecified atom stereocenters. The molecule has 2 nitrogen and oxygen atoms in total. The summed E-state index contributed by atoms with van der Waals surface area (Å²) < 4.78 is 0. The summed E-state index contributed by atoms with van der Waals surface area (Å²) in [6, 6.07) is 3.59. The summed E-state index contributed by atoms with van der Waals surface area (Å²) in [6.45, 7) is 5.89. The Bertz CT molecular complexity index is 342. The minimum absolute atomic E-state index is 0.229. The van der Waals surface area contributed by atoms with Crippen LogP contribution in [-0.2, 0) is 4.79 Å². The van der Waals surface area contributed by atoms with E-state index in [-0.39, 0.29) is 5.92 Å². The first-order valence-electron chi connectivity index (χ1n) is 4.80. The van der Waals surface area contributed by atoms with Gasteiger partial charge in [0, 0.05) is 6.42 Å². The van der Waals surface area contributed by atoms with Crippen LogP contribution in [0.4, 0.5) is 0 Å². The van der Waals surface area contributed by atoms with Gasteiger partial charge in [-0.3, -0.25) is 0 Å². The van der Waals surface area contributed by atoms with Gasteiger partial charge in [0.05, 0.1) is 0 Å². The maximum atomic E-state index is 10.4. The Balaban J connectivity index is 3.10. The molecule has 0 aliphatic heterocycles. The molecule has 1 atom stereocenters. The van der Waals surface area contributed by atoms with Crippen LogP contribution in [-0.4, -0.2) is 11.4 Å². The topological polar surface area (TPSA) is 37.3 Å². The molecule has 0 bridgehead atoms. The van der Waals surface area contributed by atoms with Crippen molar-refractivity contribution in [1.82, 2.24) is 0 Å². The molecule has 0 saturated carbocycles. The van der Waals surface area contributed by atoms with Gasteiger partial charge in [-0.1, -0.05) is 13.0 Å². The van der Waals surface area contributed by atoms with E-state index in [0.29, 0.717) is 12.2 Å². The van der Waals surface area contributed by atoms with Gasteiger partial charge in [-0.25, -0.2) is 0 Å². The molecule has 0 radical (unpaired) electrons. The van der Waals surface area contributed by atoms with Gasteiger partial charge < -0.3 is 9.90 Å². The zero-order valence-corrected chi connectivity index (χ0v) is 8.87. The Kier molecular flexibility index (Phi) is 3.28. The van der Waals surface area contributed by atoms with E-state index in [9.17, 15) is 9.90 Å². The van der Waals surface area contributed by atoms with E-state index in [0.717, 1.165) is 23.0 Å². The van der Waals surface area contributed by atoms with E-state index in [4.69, 9.17) is 0 Å². The van der Waals surface area contributed by atoms with Crippen LogP contribution in [0.25, 0.3) is 0 Å². The van der Waals surface area contributed by atoms with Crippen LogP contribution in [0.2, 0.25) is 0 Å². The first-order chi connectivity index (χ1) is 6.57. The van der Waals surface area contributed by atoms with Crippen LogP contribution >= 0.6 is 0 Å². The van der Waals surface area contributed by atoms with E-state index in [1.165, 1.54) is 0 Å². The summed E-state index contributed by atoms with van der Waals surface area (Å²) in [5.74, 6) is 0.552. The molecule has 1 N–H and O–H groups in total. The quantitative estimate of drug-likeness (QED) is 0.747. The predicted octanol–water partition coefficient (Wildman–Crippen LogP) is 2.70. The van der Waals surface area contributed by atoms with Crippen LogP contribution < -0.4 is 0 Å². The minimum Gasteiger partial charge on any atom is -0.508 e. The predicted molar refractivity (Wildman–Crippen MR) is 56.7 cm³/mol. The summed E-state index contributed by atoms with van der Waals surface area (Å²) in [4.78, 5) is 10.4. The Labute approximate surface area is 84.6 Å². The molecule has 1 aromatic carbocycles. The number of hydrogen-bond donors (Lipinski definition) is 1. The van der Waals surface area contributed by atoms with Gasteiger partial charge in [0.15, 0.2) is 0 Å². The van der Waals surface area contributed by atoms with Crippen LogP contribution in [0.3, 0.4) is 0 Å². The molecule has 0 aliphatic rings. The summed E-state index contributed by atoms with van der Waals surface area (Å²) in [7, 11) is 0. The Morgan fingerprint density at radius 2 is 2.00 bits per heavy atom. The average molecular weight is 192 g/mol. The minimum atomic E-state index is 0.229. The molecular weight excluding hydrogens is 176 g/mol. The second-order valence-electron chi connectivity index (χ2n) is 3.73. The number of carbonyl (C=O) groups is 1. The Hall–Kier alpha value is -1.31. The van der Waals surface area contributed by atoms with Gasteiger partial charge in [-0.15, -0.1) is 0 Å². The highest BCUT2D eigenvalue weighted by Crippen LogP contribution is 2.28. The number of hydrogen-bond acceptors (Lipinski definition) is 2. The highest BCUT2D eigenvalue weighted by Gasteiger charge is 2.11. The van der Waals surface area contributed by atoms with Crippen molar-refractivity contribution in [2.24, 2.45) is 0 Å². The smallest absolute Gasteiger partial charge is 0.120 e. The molecule has 0 aliphatic carbocycles. The van der Waals surface area contributed by atoms with Crippen LogP contribution in [0, 0.1) is 13.8 Å². The molecule has 0 saturated heterocycles. The van der Waals surface area contributed by atoms with Crippen LogP contribution in [0.15, 0.2) is 12.1 Å². The van der Waals surface area contributed by atoms with E-state index in [1.54, 1.807) is 6.07 Å². The molecule has 1 rings (SSSR count). The maximum absolute atomic E-state index is 10.4. The standard InChI is InChI=1S/C12H16O2/c1-8(6-7-13)11-4-5-12(14)10(3)9(11)2/h4-5,7-8,14H,6H2,1-3H3. The van der Waals surface area contributed by atoms with Gasteiger partial charge in [0.1, 0.15) is 12.0 Å².